The van der Waals surface area contributed by atoms with Crippen molar-refractivity contribution in [2.45, 2.75) is 12.3 Å². The maximum atomic E-state index is 12.4. The molecule has 0 radical (unpaired) electrons. The first-order valence-corrected chi connectivity index (χ1v) is 9.17. The molecule has 0 aliphatic heterocycles. The van der Waals surface area contributed by atoms with E-state index in [0.29, 0.717) is 21.2 Å². The number of non-ortho nitro benzene ring substituents is 1. The Kier molecular flexibility index (Phi) is 5.82. The summed E-state index contributed by atoms with van der Waals surface area (Å²) in [5.74, 6) is -0.264. The fourth-order valence-corrected chi connectivity index (χ4v) is 3.59. The molecule has 9 heteroatoms. The van der Waals surface area contributed by atoms with Gasteiger partial charge in [-0.15, -0.1) is 0 Å². The standard InChI is InChI=1S/C15H14Cl2N2O4S/c1-18(9-12-3-2-4-14(16)15(12)17)24(22,23)10-11-5-7-13(8-6-11)19(20)21/h2-8H,9-10H2,1H3. The molecule has 0 saturated heterocycles. The summed E-state index contributed by atoms with van der Waals surface area (Å²) < 4.78 is 26.0. The van der Waals surface area contributed by atoms with Gasteiger partial charge >= 0.3 is 0 Å². The van der Waals surface area contributed by atoms with Crippen molar-refractivity contribution in [1.29, 1.82) is 0 Å². The van der Waals surface area contributed by atoms with Crippen LogP contribution in [0.15, 0.2) is 42.5 Å². The van der Waals surface area contributed by atoms with E-state index < -0.39 is 14.9 Å². The summed E-state index contributed by atoms with van der Waals surface area (Å²) in [6.07, 6.45) is 0. The van der Waals surface area contributed by atoms with Gasteiger partial charge in [-0.05, 0) is 17.2 Å². The molecule has 0 atom stereocenters. The van der Waals surface area contributed by atoms with Crippen LogP contribution in [-0.2, 0) is 22.3 Å². The van der Waals surface area contributed by atoms with Crippen LogP contribution in [0.5, 0.6) is 0 Å². The van der Waals surface area contributed by atoms with E-state index in [1.165, 1.54) is 35.6 Å². The van der Waals surface area contributed by atoms with E-state index >= 15 is 0 Å². The zero-order valence-corrected chi connectivity index (χ0v) is 15.0. The molecule has 2 rings (SSSR count). The maximum absolute atomic E-state index is 12.4. The molecule has 0 unspecified atom stereocenters. The predicted octanol–water partition coefficient (Wildman–Crippen LogP) is 3.86. The Morgan fingerprint density at radius 2 is 1.75 bits per heavy atom. The lowest BCUT2D eigenvalue weighted by atomic mass is 10.2. The average Bonchev–Trinajstić information content (AvgIpc) is 2.52. The molecule has 0 aliphatic carbocycles. The van der Waals surface area contributed by atoms with Crippen LogP contribution in [0, 0.1) is 10.1 Å². The van der Waals surface area contributed by atoms with Gasteiger partial charge in [0.1, 0.15) is 0 Å². The van der Waals surface area contributed by atoms with E-state index in [1.807, 2.05) is 0 Å². The van der Waals surface area contributed by atoms with Crippen LogP contribution in [0.3, 0.4) is 0 Å². The molecular weight excluding hydrogens is 375 g/mol. The number of sulfonamides is 1. The summed E-state index contributed by atoms with van der Waals surface area (Å²) in [4.78, 5) is 10.1. The van der Waals surface area contributed by atoms with Crippen LogP contribution in [-0.4, -0.2) is 24.7 Å². The van der Waals surface area contributed by atoms with E-state index in [0.717, 1.165) is 0 Å². The molecule has 0 N–H and O–H groups in total. The van der Waals surface area contributed by atoms with Gasteiger partial charge in [0.25, 0.3) is 5.69 Å². The van der Waals surface area contributed by atoms with Crippen molar-refractivity contribution >= 4 is 38.9 Å². The van der Waals surface area contributed by atoms with Crippen molar-refractivity contribution in [3.8, 4) is 0 Å². The minimum atomic E-state index is -3.61. The van der Waals surface area contributed by atoms with Crippen molar-refractivity contribution in [2.75, 3.05) is 7.05 Å². The van der Waals surface area contributed by atoms with E-state index in [4.69, 9.17) is 23.2 Å². The lowest BCUT2D eigenvalue weighted by molar-refractivity contribution is -0.384. The highest BCUT2D eigenvalue weighted by Gasteiger charge is 2.20. The van der Waals surface area contributed by atoms with Gasteiger partial charge in [0.05, 0.1) is 20.7 Å². The average molecular weight is 389 g/mol. The first-order chi connectivity index (χ1) is 11.2. The van der Waals surface area contributed by atoms with Crippen LogP contribution in [0.2, 0.25) is 10.0 Å². The fourth-order valence-electron chi connectivity index (χ4n) is 2.04. The third-order valence-electron chi connectivity index (χ3n) is 3.40. The SMILES string of the molecule is CN(Cc1cccc(Cl)c1Cl)S(=O)(=O)Cc1ccc([N+](=O)[O-])cc1. The molecule has 0 aliphatic rings. The third-order valence-corrected chi connectivity index (χ3v) is 6.03. The van der Waals surface area contributed by atoms with E-state index in [-0.39, 0.29) is 18.0 Å². The number of hydrogen-bond donors (Lipinski definition) is 0. The fraction of sp³-hybridized carbons (Fsp3) is 0.200. The maximum Gasteiger partial charge on any atom is 0.269 e. The van der Waals surface area contributed by atoms with E-state index in [1.54, 1.807) is 18.2 Å². The number of benzene rings is 2. The summed E-state index contributed by atoms with van der Waals surface area (Å²) in [5, 5.41) is 11.3. The Bertz CT molecular complexity index is 854. The summed E-state index contributed by atoms with van der Waals surface area (Å²) in [7, 11) is -2.17. The highest BCUT2D eigenvalue weighted by atomic mass is 35.5. The highest BCUT2D eigenvalue weighted by molar-refractivity contribution is 7.88. The molecule has 0 aromatic heterocycles. The van der Waals surface area contributed by atoms with Gasteiger partial charge in [0.2, 0.25) is 10.0 Å². The van der Waals surface area contributed by atoms with E-state index in [9.17, 15) is 18.5 Å². The zero-order chi connectivity index (χ0) is 17.9. The Labute approximate surface area is 149 Å². The summed E-state index contributed by atoms with van der Waals surface area (Å²) in [6, 6.07) is 10.4. The highest BCUT2D eigenvalue weighted by Crippen LogP contribution is 2.27. The van der Waals surface area contributed by atoms with Gasteiger partial charge in [-0.1, -0.05) is 47.5 Å². The topological polar surface area (TPSA) is 80.5 Å². The lowest BCUT2D eigenvalue weighted by Gasteiger charge is -2.18. The molecule has 128 valence electrons. The molecule has 6 nitrogen and oxygen atoms in total. The molecule has 0 spiro atoms. The largest absolute Gasteiger partial charge is 0.269 e. The third kappa shape index (κ3) is 4.45. The molecule has 24 heavy (non-hydrogen) atoms. The molecule has 0 fully saturated rings. The van der Waals surface area contributed by atoms with Gasteiger partial charge in [0, 0.05) is 25.7 Å². The molecule has 0 bridgehead atoms. The molecule has 0 amide bonds. The van der Waals surface area contributed by atoms with Crippen LogP contribution in [0.4, 0.5) is 5.69 Å². The van der Waals surface area contributed by atoms with Crippen molar-refractivity contribution in [3.63, 3.8) is 0 Å². The van der Waals surface area contributed by atoms with Crippen LogP contribution in [0.1, 0.15) is 11.1 Å². The lowest BCUT2D eigenvalue weighted by Crippen LogP contribution is -2.27. The van der Waals surface area contributed by atoms with Crippen LogP contribution < -0.4 is 0 Å². The predicted molar refractivity (Wildman–Crippen MR) is 93.6 cm³/mol. The number of nitro groups is 1. The van der Waals surface area contributed by atoms with Gasteiger partial charge in [-0.25, -0.2) is 12.7 Å². The Morgan fingerprint density at radius 3 is 2.33 bits per heavy atom. The summed E-state index contributed by atoms with van der Waals surface area (Å²) in [6.45, 7) is 0.0781. The van der Waals surface area contributed by atoms with Gasteiger partial charge in [-0.2, -0.15) is 0 Å². The second-order valence-corrected chi connectivity index (χ2v) is 8.01. The number of hydrogen-bond acceptors (Lipinski definition) is 4. The van der Waals surface area contributed by atoms with Crippen LogP contribution >= 0.6 is 23.2 Å². The van der Waals surface area contributed by atoms with Gasteiger partial charge in [-0.3, -0.25) is 10.1 Å². The quantitative estimate of drug-likeness (QED) is 0.555. The molecule has 2 aromatic carbocycles. The first-order valence-electron chi connectivity index (χ1n) is 6.81. The van der Waals surface area contributed by atoms with Gasteiger partial charge in [0.15, 0.2) is 0 Å². The first kappa shape index (κ1) is 18.7. The van der Waals surface area contributed by atoms with Crippen molar-refractivity contribution < 1.29 is 13.3 Å². The number of rotatable bonds is 6. The minimum absolute atomic E-state index is 0.0781. The Morgan fingerprint density at radius 1 is 1.12 bits per heavy atom. The molecule has 0 heterocycles. The second-order valence-electron chi connectivity index (χ2n) is 5.15. The molecule has 0 saturated carbocycles. The monoisotopic (exact) mass is 388 g/mol. The van der Waals surface area contributed by atoms with E-state index in [2.05, 4.69) is 0 Å². The summed E-state index contributed by atoms with van der Waals surface area (Å²) >= 11 is 12.0. The Balaban J connectivity index is 2.14. The van der Waals surface area contributed by atoms with Crippen molar-refractivity contribution in [2.24, 2.45) is 0 Å². The molecular formula is C15H14Cl2N2O4S. The smallest absolute Gasteiger partial charge is 0.258 e. The van der Waals surface area contributed by atoms with Gasteiger partial charge < -0.3 is 0 Å². The number of nitro benzene ring substituents is 1. The normalized spacial score (nSPS) is 11.7. The van der Waals surface area contributed by atoms with Crippen LogP contribution in [0.25, 0.3) is 0 Å². The number of nitrogens with zero attached hydrogens (tertiary/aromatic N) is 2. The van der Waals surface area contributed by atoms with Crippen molar-refractivity contribution in [1.82, 2.24) is 4.31 Å². The zero-order valence-electron chi connectivity index (χ0n) is 12.6. The summed E-state index contributed by atoms with van der Waals surface area (Å²) in [5.41, 5.74) is 0.971. The minimum Gasteiger partial charge on any atom is -0.258 e. The number of halogens is 2. The molecule has 2 aromatic rings. The Hall–Kier alpha value is -1.67. The second kappa shape index (κ2) is 7.48. The van der Waals surface area contributed by atoms with Crippen molar-refractivity contribution in [3.05, 3.63) is 73.8 Å².